The molecule has 11 nitrogen and oxygen atoms in total. The largest absolute Gasteiger partial charge is 0.535 e. The molecule has 0 aromatic heterocycles. The van der Waals surface area contributed by atoms with Crippen LogP contribution in [0.2, 0.25) is 6.32 Å². The summed E-state index contributed by atoms with van der Waals surface area (Å²) >= 11 is 0. The number of carboxylic acids is 1. The zero-order valence-electron chi connectivity index (χ0n) is 17.7. The van der Waals surface area contributed by atoms with E-state index in [1.54, 1.807) is 19.1 Å². The van der Waals surface area contributed by atoms with Crippen LogP contribution in [0.25, 0.3) is 0 Å². The Balaban J connectivity index is 1.34. The van der Waals surface area contributed by atoms with Crippen LogP contribution in [-0.2, 0) is 20.7 Å². The van der Waals surface area contributed by atoms with E-state index in [4.69, 9.17) is 19.9 Å². The number of carbonyl (C=O) groups is 3. The van der Waals surface area contributed by atoms with Crippen molar-refractivity contribution in [3.8, 4) is 11.5 Å². The molecule has 1 unspecified atom stereocenters. The summed E-state index contributed by atoms with van der Waals surface area (Å²) in [7, 11) is -1.05. The summed E-state index contributed by atoms with van der Waals surface area (Å²) in [6.45, 7) is 3.01. The molecule has 2 fully saturated rings. The molecule has 5 N–H and O–H groups in total. The van der Waals surface area contributed by atoms with Crippen molar-refractivity contribution < 1.29 is 38.6 Å². The van der Waals surface area contributed by atoms with Crippen LogP contribution in [0.3, 0.4) is 0 Å². The fourth-order valence-electron chi connectivity index (χ4n) is 4.11. The van der Waals surface area contributed by atoms with E-state index >= 15 is 0 Å². The van der Waals surface area contributed by atoms with Gasteiger partial charge in [0, 0.05) is 26.1 Å². The highest BCUT2D eigenvalue weighted by Gasteiger charge is 2.40. The van der Waals surface area contributed by atoms with Crippen molar-refractivity contribution in [2.45, 2.75) is 43.8 Å². The first-order valence-corrected chi connectivity index (χ1v) is 10.5. The minimum Gasteiger partial charge on any atom is -0.535 e. The zero-order valence-corrected chi connectivity index (χ0v) is 17.7. The number of aryl methyl sites for hydroxylation is 1. The number of rotatable bonds is 7. The van der Waals surface area contributed by atoms with Gasteiger partial charge in [-0.3, -0.25) is 9.69 Å². The van der Waals surface area contributed by atoms with Crippen LogP contribution >= 0.6 is 0 Å². The second-order valence-corrected chi connectivity index (χ2v) is 8.68. The number of amides is 1. The molecule has 1 aromatic rings. The molecule has 3 heterocycles. The van der Waals surface area contributed by atoms with Crippen molar-refractivity contribution >= 4 is 25.0 Å². The van der Waals surface area contributed by atoms with Crippen LogP contribution in [0.4, 0.5) is 0 Å². The first-order valence-electron chi connectivity index (χ1n) is 10.5. The lowest BCUT2D eigenvalue weighted by Crippen LogP contribution is -2.65. The van der Waals surface area contributed by atoms with Crippen LogP contribution in [-0.4, -0.2) is 83.9 Å². The van der Waals surface area contributed by atoms with Crippen LogP contribution in [0.1, 0.15) is 29.3 Å². The molecule has 0 bridgehead atoms. The number of benzene rings is 1. The van der Waals surface area contributed by atoms with Gasteiger partial charge in [0.05, 0.1) is 6.61 Å². The van der Waals surface area contributed by atoms with Gasteiger partial charge in [0.15, 0.2) is 0 Å². The molecule has 2 saturated heterocycles. The van der Waals surface area contributed by atoms with Crippen molar-refractivity contribution in [2.75, 3.05) is 26.2 Å². The molecule has 0 radical (unpaired) electrons. The molecule has 1 aromatic carbocycles. The van der Waals surface area contributed by atoms with Gasteiger partial charge in [-0.1, -0.05) is 6.07 Å². The molecule has 4 rings (SSSR count). The predicted octanol–water partition coefficient (Wildman–Crippen LogP) is -0.988. The van der Waals surface area contributed by atoms with Gasteiger partial charge in [-0.05, 0) is 31.3 Å². The summed E-state index contributed by atoms with van der Waals surface area (Å²) in [6, 6.07) is 2.68. The number of cyclic esters (lactones) is 1. The number of ether oxygens (including phenoxy) is 2. The number of carboxylic acid groups (broad SMARTS) is 1. The number of hydrogen-bond acceptors (Lipinski definition) is 9. The number of nitrogens with two attached hydrogens (primary N) is 1. The van der Waals surface area contributed by atoms with Crippen LogP contribution in [0.15, 0.2) is 12.1 Å². The average Bonchev–Trinajstić information content (AvgIpc) is 3.09. The number of likely N-dealkylation sites (tertiary alicyclic amines) is 1. The Morgan fingerprint density at radius 1 is 1.41 bits per heavy atom. The third kappa shape index (κ3) is 4.52. The highest BCUT2D eigenvalue weighted by atomic mass is 16.5. The molecule has 0 aliphatic carbocycles. The number of carbonyl (C=O) groups excluding carboxylic acids is 2. The number of aromatic carboxylic acids is 1. The van der Waals surface area contributed by atoms with Gasteiger partial charge in [-0.25, -0.2) is 9.59 Å². The summed E-state index contributed by atoms with van der Waals surface area (Å²) in [5.74, 6) is -1.78. The molecule has 172 valence electrons. The highest BCUT2D eigenvalue weighted by Crippen LogP contribution is 2.37. The van der Waals surface area contributed by atoms with E-state index in [-0.39, 0.29) is 36.3 Å². The Bertz CT molecular complexity index is 934. The number of hydrogen-bond donors (Lipinski definition) is 4. The number of nitrogens with zero attached hydrogens (tertiary/aromatic N) is 1. The molecule has 1 amide bonds. The van der Waals surface area contributed by atoms with E-state index in [9.17, 15) is 24.5 Å². The first-order chi connectivity index (χ1) is 15.1. The first kappa shape index (κ1) is 22.4. The lowest BCUT2D eigenvalue weighted by Gasteiger charge is -2.42. The topological polar surface area (TPSA) is 161 Å². The quantitative estimate of drug-likeness (QED) is 0.302. The Labute approximate surface area is 184 Å². The van der Waals surface area contributed by atoms with Crippen molar-refractivity contribution in [1.82, 2.24) is 10.2 Å². The molecule has 12 heteroatoms. The standard InChI is InChI=1S/C20H26BN3O8/c1-20(22,19(28)23-13-5-7-30-18(13)27)10-24-8-12(9-24)31-14-3-2-11-4-6-21(29)32-16(11)15(14)17(25)26/h2-3,12-13,29H,4-10,22H2,1H3,(H,23,28)(H,25,26)/t13?,20-/m1/s1. The molecule has 3 aliphatic heterocycles. The monoisotopic (exact) mass is 447 g/mol. The Morgan fingerprint density at radius 2 is 2.16 bits per heavy atom. The summed E-state index contributed by atoms with van der Waals surface area (Å²) in [6.07, 6.45) is 1.05. The summed E-state index contributed by atoms with van der Waals surface area (Å²) < 4.78 is 16.1. The fourth-order valence-corrected chi connectivity index (χ4v) is 4.11. The SMILES string of the molecule is C[C@@](N)(CN1CC(Oc2ccc3c(c2C(=O)O)OB(O)CC3)C1)C(=O)NC1CCOC1=O. The van der Waals surface area contributed by atoms with E-state index in [1.807, 2.05) is 4.90 Å². The van der Waals surface area contributed by atoms with Crippen molar-refractivity contribution in [3.63, 3.8) is 0 Å². The zero-order chi connectivity index (χ0) is 23.0. The van der Waals surface area contributed by atoms with Gasteiger partial charge in [0.1, 0.15) is 34.7 Å². The Hall–Kier alpha value is -2.83. The van der Waals surface area contributed by atoms with Gasteiger partial charge in [-0.15, -0.1) is 0 Å². The molecular formula is C20H26BN3O8. The second kappa shape index (κ2) is 8.60. The molecule has 2 atom stereocenters. The van der Waals surface area contributed by atoms with Gasteiger partial charge >= 0.3 is 19.1 Å². The molecule has 3 aliphatic rings. The van der Waals surface area contributed by atoms with Gasteiger partial charge in [-0.2, -0.15) is 0 Å². The average molecular weight is 447 g/mol. The summed E-state index contributed by atoms with van der Waals surface area (Å²) in [5, 5.41) is 22.0. The van der Waals surface area contributed by atoms with Crippen molar-refractivity contribution in [2.24, 2.45) is 5.73 Å². The Kier molecular flexibility index (Phi) is 6.02. The second-order valence-electron chi connectivity index (χ2n) is 8.68. The molecular weight excluding hydrogens is 421 g/mol. The number of nitrogens with one attached hydrogen (secondary N) is 1. The van der Waals surface area contributed by atoms with E-state index in [1.165, 1.54) is 0 Å². The minimum atomic E-state index is -1.23. The number of esters is 1. The van der Waals surface area contributed by atoms with Gasteiger partial charge < -0.3 is 35.3 Å². The molecule has 0 spiro atoms. The maximum absolute atomic E-state index is 12.5. The van der Waals surface area contributed by atoms with Gasteiger partial charge in [0.25, 0.3) is 0 Å². The maximum atomic E-state index is 12.5. The lowest BCUT2D eigenvalue weighted by atomic mass is 9.78. The summed E-state index contributed by atoms with van der Waals surface area (Å²) in [5.41, 5.74) is 5.56. The summed E-state index contributed by atoms with van der Waals surface area (Å²) in [4.78, 5) is 37.8. The fraction of sp³-hybridized carbons (Fsp3) is 0.550. The Morgan fingerprint density at radius 3 is 2.81 bits per heavy atom. The van der Waals surface area contributed by atoms with Crippen molar-refractivity contribution in [1.29, 1.82) is 0 Å². The molecule has 0 saturated carbocycles. The lowest BCUT2D eigenvalue weighted by molar-refractivity contribution is -0.142. The van der Waals surface area contributed by atoms with Gasteiger partial charge in [0.2, 0.25) is 5.91 Å². The van der Waals surface area contributed by atoms with Crippen LogP contribution < -0.4 is 20.4 Å². The minimum absolute atomic E-state index is 0.105. The van der Waals surface area contributed by atoms with Crippen LogP contribution in [0, 0.1) is 0 Å². The highest BCUT2D eigenvalue weighted by molar-refractivity contribution is 6.44. The normalized spacial score (nSPS) is 22.8. The van der Waals surface area contributed by atoms with E-state index in [0.29, 0.717) is 37.8 Å². The maximum Gasteiger partial charge on any atom is 0.522 e. The third-order valence-electron chi connectivity index (χ3n) is 5.86. The van der Waals surface area contributed by atoms with Crippen LogP contribution in [0.5, 0.6) is 11.5 Å². The van der Waals surface area contributed by atoms with E-state index in [2.05, 4.69) is 5.32 Å². The number of fused-ring (bicyclic) bond motifs is 1. The van der Waals surface area contributed by atoms with E-state index < -0.39 is 36.5 Å². The van der Waals surface area contributed by atoms with Crippen molar-refractivity contribution in [3.05, 3.63) is 23.3 Å². The third-order valence-corrected chi connectivity index (χ3v) is 5.86. The predicted molar refractivity (Wildman–Crippen MR) is 111 cm³/mol. The van der Waals surface area contributed by atoms with E-state index in [0.717, 1.165) is 0 Å². The molecule has 32 heavy (non-hydrogen) atoms. The smallest absolute Gasteiger partial charge is 0.522 e.